The van der Waals surface area contributed by atoms with Crippen molar-refractivity contribution >= 4 is 33.4 Å². The Morgan fingerprint density at radius 3 is 2.71 bits per heavy atom. The van der Waals surface area contributed by atoms with Gasteiger partial charge in [-0.15, -0.1) is 11.3 Å². The molecule has 2 aromatic rings. The van der Waals surface area contributed by atoms with Crippen molar-refractivity contribution in [3.63, 3.8) is 0 Å². The molecule has 0 saturated carbocycles. The summed E-state index contributed by atoms with van der Waals surface area (Å²) in [5.74, 6) is -1.59. The molecule has 0 fully saturated rings. The van der Waals surface area contributed by atoms with Gasteiger partial charge in [-0.3, -0.25) is 14.3 Å². The van der Waals surface area contributed by atoms with E-state index in [1.165, 1.54) is 11.3 Å². The van der Waals surface area contributed by atoms with E-state index in [0.29, 0.717) is 11.4 Å². The molecule has 114 valence electrons. The molecule has 0 aliphatic carbocycles. The van der Waals surface area contributed by atoms with E-state index >= 15 is 0 Å². The number of aliphatic carboxylic acids is 1. The Morgan fingerprint density at radius 1 is 1.52 bits per heavy atom. The van der Waals surface area contributed by atoms with Gasteiger partial charge in [0.25, 0.3) is 5.91 Å². The number of aryl methyl sites for hydroxylation is 2. The summed E-state index contributed by atoms with van der Waals surface area (Å²) in [4.78, 5) is 26.6. The smallest absolute Gasteiger partial charge is 0.308 e. The zero-order chi connectivity index (χ0) is 15.7. The molecule has 1 amide bonds. The highest BCUT2D eigenvalue weighted by Crippen LogP contribution is 2.28. The van der Waals surface area contributed by atoms with Crippen LogP contribution in [0.15, 0.2) is 6.07 Å². The van der Waals surface area contributed by atoms with E-state index in [1.54, 1.807) is 16.5 Å². The number of fused-ring (bicyclic) bond motifs is 1. The van der Waals surface area contributed by atoms with E-state index in [0.717, 1.165) is 15.9 Å². The summed E-state index contributed by atoms with van der Waals surface area (Å²) in [7, 11) is 1.85. The molecule has 0 spiro atoms. The van der Waals surface area contributed by atoms with Crippen molar-refractivity contribution in [3.8, 4) is 0 Å². The number of aromatic nitrogens is 2. The number of hydrogen-bond donors (Lipinski definition) is 1. The van der Waals surface area contributed by atoms with Crippen LogP contribution in [0.2, 0.25) is 0 Å². The maximum Gasteiger partial charge on any atom is 0.308 e. The lowest BCUT2D eigenvalue weighted by Gasteiger charge is -2.22. The second kappa shape index (κ2) is 5.85. The van der Waals surface area contributed by atoms with Crippen molar-refractivity contribution in [2.24, 2.45) is 13.0 Å². The van der Waals surface area contributed by atoms with Crippen molar-refractivity contribution in [2.45, 2.75) is 20.8 Å². The summed E-state index contributed by atoms with van der Waals surface area (Å²) in [5, 5.41) is 14.3. The Bertz CT molecular complexity index is 654. The maximum atomic E-state index is 12.5. The Morgan fingerprint density at radius 2 is 2.19 bits per heavy atom. The monoisotopic (exact) mass is 309 g/mol. The number of carboxylic acids is 1. The summed E-state index contributed by atoms with van der Waals surface area (Å²) < 4.78 is 1.77. The molecular weight excluding hydrogens is 290 g/mol. The maximum absolute atomic E-state index is 12.5. The fourth-order valence-corrected chi connectivity index (χ4v) is 3.32. The fourth-order valence-electron chi connectivity index (χ4n) is 2.23. The van der Waals surface area contributed by atoms with Crippen molar-refractivity contribution in [1.29, 1.82) is 0 Å². The summed E-state index contributed by atoms with van der Waals surface area (Å²) in [6.07, 6.45) is 0. The highest BCUT2D eigenvalue weighted by molar-refractivity contribution is 7.20. The number of carbonyl (C=O) groups is 2. The minimum atomic E-state index is -0.891. The average Bonchev–Trinajstić information content (AvgIpc) is 2.97. The van der Waals surface area contributed by atoms with E-state index in [9.17, 15) is 9.59 Å². The normalized spacial score (nSPS) is 12.6. The summed E-state index contributed by atoms with van der Waals surface area (Å²) >= 11 is 1.39. The number of nitrogens with zero attached hydrogens (tertiary/aromatic N) is 3. The van der Waals surface area contributed by atoms with E-state index in [4.69, 9.17) is 5.11 Å². The minimum absolute atomic E-state index is 0.119. The van der Waals surface area contributed by atoms with E-state index < -0.39 is 11.9 Å². The molecule has 1 unspecified atom stereocenters. The third kappa shape index (κ3) is 2.92. The van der Waals surface area contributed by atoms with Crippen molar-refractivity contribution in [2.75, 3.05) is 13.1 Å². The van der Waals surface area contributed by atoms with E-state index in [1.807, 2.05) is 27.0 Å². The molecular formula is C14H19N3O3S. The van der Waals surface area contributed by atoms with Crippen LogP contribution in [0.1, 0.15) is 29.2 Å². The number of carboxylic acid groups (broad SMARTS) is 1. The molecule has 2 rings (SSSR count). The quantitative estimate of drug-likeness (QED) is 0.918. The van der Waals surface area contributed by atoms with Crippen molar-refractivity contribution in [1.82, 2.24) is 14.7 Å². The number of hydrogen-bond acceptors (Lipinski definition) is 4. The van der Waals surface area contributed by atoms with Crippen LogP contribution in [0.3, 0.4) is 0 Å². The van der Waals surface area contributed by atoms with Crippen LogP contribution in [-0.4, -0.2) is 44.8 Å². The third-order valence-electron chi connectivity index (χ3n) is 3.49. The molecule has 1 N–H and O–H groups in total. The van der Waals surface area contributed by atoms with Gasteiger partial charge in [0.05, 0.1) is 16.5 Å². The van der Waals surface area contributed by atoms with E-state index in [-0.39, 0.29) is 12.5 Å². The second-order valence-corrected chi connectivity index (χ2v) is 6.15. The predicted molar refractivity (Wildman–Crippen MR) is 81.7 cm³/mol. The summed E-state index contributed by atoms with van der Waals surface area (Å²) in [6, 6.07) is 1.85. The third-order valence-corrected chi connectivity index (χ3v) is 4.68. The summed E-state index contributed by atoms with van der Waals surface area (Å²) in [6.45, 7) is 6.08. The molecule has 0 aromatic carbocycles. The number of thiophene rings is 1. The van der Waals surface area contributed by atoms with Crippen LogP contribution in [-0.2, 0) is 11.8 Å². The van der Waals surface area contributed by atoms with Crippen LogP contribution in [0.5, 0.6) is 0 Å². The fraction of sp³-hybridized carbons (Fsp3) is 0.500. The van der Waals surface area contributed by atoms with Gasteiger partial charge in [0.1, 0.15) is 4.83 Å². The standard InChI is InChI=1S/C14H19N3O3S/c1-5-17(7-8(2)14(19)20)12(18)11-6-10-9(3)15-16(4)13(10)21-11/h6,8H,5,7H2,1-4H3,(H,19,20). The first kappa shape index (κ1) is 15.5. The molecule has 0 aliphatic rings. The molecule has 2 heterocycles. The summed E-state index contributed by atoms with van der Waals surface area (Å²) in [5.41, 5.74) is 0.893. The van der Waals surface area contributed by atoms with Crippen LogP contribution in [0.4, 0.5) is 0 Å². The van der Waals surface area contributed by atoms with Crippen LogP contribution in [0.25, 0.3) is 10.2 Å². The average molecular weight is 309 g/mol. The largest absolute Gasteiger partial charge is 0.481 e. The highest BCUT2D eigenvalue weighted by Gasteiger charge is 2.23. The molecule has 7 heteroatoms. The highest BCUT2D eigenvalue weighted by atomic mass is 32.1. The lowest BCUT2D eigenvalue weighted by atomic mass is 10.1. The van der Waals surface area contributed by atoms with Crippen LogP contribution < -0.4 is 0 Å². The molecule has 0 bridgehead atoms. The van der Waals surface area contributed by atoms with Crippen LogP contribution >= 0.6 is 11.3 Å². The molecule has 0 radical (unpaired) electrons. The Hall–Kier alpha value is -1.89. The zero-order valence-electron chi connectivity index (χ0n) is 12.6. The topological polar surface area (TPSA) is 75.4 Å². The molecule has 0 aliphatic heterocycles. The van der Waals surface area contributed by atoms with Gasteiger partial charge in [-0.05, 0) is 19.9 Å². The lowest BCUT2D eigenvalue weighted by Crippen LogP contribution is -2.36. The second-order valence-electron chi connectivity index (χ2n) is 5.12. The molecule has 21 heavy (non-hydrogen) atoms. The zero-order valence-corrected chi connectivity index (χ0v) is 13.4. The molecule has 6 nitrogen and oxygen atoms in total. The van der Waals surface area contributed by atoms with Gasteiger partial charge in [-0.25, -0.2) is 0 Å². The van der Waals surface area contributed by atoms with Crippen molar-refractivity contribution < 1.29 is 14.7 Å². The van der Waals surface area contributed by atoms with Crippen LogP contribution in [0, 0.1) is 12.8 Å². The van der Waals surface area contributed by atoms with Gasteiger partial charge < -0.3 is 10.0 Å². The molecule has 1 atom stereocenters. The van der Waals surface area contributed by atoms with Crippen molar-refractivity contribution in [3.05, 3.63) is 16.6 Å². The first-order chi connectivity index (χ1) is 9.85. The van der Waals surface area contributed by atoms with Gasteiger partial charge in [0.2, 0.25) is 0 Å². The predicted octanol–water partition coefficient (Wildman–Crippen LogP) is 2.13. The SMILES string of the molecule is CCN(CC(C)C(=O)O)C(=O)c1cc2c(C)nn(C)c2s1. The first-order valence-corrected chi connectivity index (χ1v) is 7.62. The molecule has 2 aromatic heterocycles. The minimum Gasteiger partial charge on any atom is -0.481 e. The number of rotatable bonds is 5. The van der Waals surface area contributed by atoms with Gasteiger partial charge in [-0.2, -0.15) is 5.10 Å². The Labute approximate surface area is 127 Å². The Balaban J connectivity index is 2.27. The van der Waals surface area contributed by atoms with Gasteiger partial charge in [0.15, 0.2) is 0 Å². The first-order valence-electron chi connectivity index (χ1n) is 6.80. The number of carbonyl (C=O) groups excluding carboxylic acids is 1. The van der Waals surface area contributed by atoms with Gasteiger partial charge in [0, 0.05) is 25.5 Å². The number of amides is 1. The van der Waals surface area contributed by atoms with Gasteiger partial charge in [-0.1, -0.05) is 6.92 Å². The van der Waals surface area contributed by atoms with E-state index in [2.05, 4.69) is 5.10 Å². The van der Waals surface area contributed by atoms with Gasteiger partial charge >= 0.3 is 5.97 Å². The molecule has 0 saturated heterocycles. The Kier molecular flexibility index (Phi) is 4.32. The lowest BCUT2D eigenvalue weighted by molar-refractivity contribution is -0.141.